The van der Waals surface area contributed by atoms with Crippen molar-refractivity contribution < 1.29 is 69.7 Å². The minimum Gasteiger partial charge on any atom is -0.508 e. The number of carbonyl (C=O) groups is 1. The minimum absolute atomic E-state index is 0.0279. The summed E-state index contributed by atoms with van der Waals surface area (Å²) in [5.74, 6) is -0.870. The summed E-state index contributed by atoms with van der Waals surface area (Å²) in [7, 11) is 0. The van der Waals surface area contributed by atoms with E-state index in [9.17, 15) is 50.8 Å². The molecule has 2 fully saturated rings. The van der Waals surface area contributed by atoms with Gasteiger partial charge in [-0.15, -0.1) is 0 Å². The van der Waals surface area contributed by atoms with Crippen LogP contribution in [0.2, 0.25) is 0 Å². The average Bonchev–Trinajstić information content (AvgIpc) is 2.94. The molecule has 2 heterocycles. The van der Waals surface area contributed by atoms with Crippen LogP contribution in [0.5, 0.6) is 17.2 Å². The Morgan fingerprint density at radius 3 is 2.20 bits per heavy atom. The Kier molecular flexibility index (Phi) is 8.50. The lowest BCUT2D eigenvalue weighted by molar-refractivity contribution is -0.378. The lowest BCUT2D eigenvalue weighted by Crippen LogP contribution is -2.64. The van der Waals surface area contributed by atoms with Crippen LogP contribution in [-0.2, 0) is 20.6 Å². The number of aromatic hydroxyl groups is 2. The first-order chi connectivity index (χ1) is 19.5. The predicted octanol–water partition coefficient (Wildman–Crippen LogP) is -2.03. The van der Waals surface area contributed by atoms with Crippen LogP contribution in [0.1, 0.15) is 33.8 Å². The van der Waals surface area contributed by atoms with Gasteiger partial charge in [-0.05, 0) is 41.7 Å². The normalized spacial score (nSPS) is 37.4. The molecule has 14 nitrogen and oxygen atoms in total. The van der Waals surface area contributed by atoms with E-state index >= 15 is 0 Å². The van der Waals surface area contributed by atoms with E-state index in [1.54, 1.807) is 12.1 Å². The van der Waals surface area contributed by atoms with E-state index in [1.807, 2.05) is 0 Å². The SMILES string of the molecule is O=C1CC(c2ccc(O)cc2)Cc2cc(O[C@@H]3OC(CO)[C@@H](O)[C@H](O)C3OC3O[C@@H](O)[C@H](O)C(O)[C@H]3O)cc(O)c21. The van der Waals surface area contributed by atoms with E-state index in [0.717, 1.165) is 11.6 Å². The molecule has 3 aliphatic rings. The Labute approximate surface area is 233 Å². The molecule has 14 heteroatoms. The molecule has 2 saturated heterocycles. The molecule has 224 valence electrons. The zero-order chi connectivity index (χ0) is 29.6. The number of aliphatic hydroxyl groups excluding tert-OH is 7. The number of aliphatic hydroxyl groups is 7. The number of ketones is 1. The van der Waals surface area contributed by atoms with Crippen molar-refractivity contribution in [1.29, 1.82) is 0 Å². The molecule has 0 spiro atoms. The maximum atomic E-state index is 12.9. The van der Waals surface area contributed by atoms with Crippen LogP contribution < -0.4 is 4.74 Å². The molecule has 9 N–H and O–H groups in total. The van der Waals surface area contributed by atoms with Crippen molar-refractivity contribution in [3.05, 3.63) is 53.1 Å². The number of benzene rings is 2. The Hall–Kier alpha value is -2.89. The average molecular weight is 581 g/mol. The maximum Gasteiger partial charge on any atom is 0.229 e. The molecule has 0 bridgehead atoms. The molecule has 0 saturated carbocycles. The van der Waals surface area contributed by atoms with Gasteiger partial charge in [0.2, 0.25) is 6.29 Å². The van der Waals surface area contributed by atoms with E-state index in [2.05, 4.69) is 0 Å². The van der Waals surface area contributed by atoms with Crippen LogP contribution in [0, 0.1) is 0 Å². The van der Waals surface area contributed by atoms with Gasteiger partial charge in [0, 0.05) is 12.5 Å². The predicted molar refractivity (Wildman–Crippen MR) is 134 cm³/mol. The fourth-order valence-electron chi connectivity index (χ4n) is 5.38. The second-order valence-electron chi connectivity index (χ2n) is 10.4. The van der Waals surface area contributed by atoms with E-state index < -0.39 is 68.2 Å². The van der Waals surface area contributed by atoms with Gasteiger partial charge in [-0.25, -0.2) is 0 Å². The van der Waals surface area contributed by atoms with Crippen molar-refractivity contribution in [2.24, 2.45) is 0 Å². The summed E-state index contributed by atoms with van der Waals surface area (Å²) in [5.41, 5.74) is 1.38. The molecule has 5 rings (SSSR count). The number of phenolic OH excluding ortho intramolecular Hbond substituents is 2. The third kappa shape index (κ3) is 5.76. The smallest absolute Gasteiger partial charge is 0.229 e. The van der Waals surface area contributed by atoms with Crippen molar-refractivity contribution in [2.75, 3.05) is 6.61 Å². The minimum atomic E-state index is -1.95. The molecular formula is C27H32O14. The van der Waals surface area contributed by atoms with Gasteiger partial charge >= 0.3 is 0 Å². The molecule has 1 aliphatic carbocycles. The van der Waals surface area contributed by atoms with Crippen molar-refractivity contribution in [3.63, 3.8) is 0 Å². The topological polar surface area (TPSA) is 236 Å². The summed E-state index contributed by atoms with van der Waals surface area (Å²) < 4.78 is 22.0. The number of carbonyl (C=O) groups excluding carboxylic acids is 1. The molecule has 2 aromatic carbocycles. The number of Topliss-reactive ketones (excluding diaryl/α,β-unsaturated/α-hetero) is 1. The summed E-state index contributed by atoms with van der Waals surface area (Å²) in [4.78, 5) is 12.9. The Morgan fingerprint density at radius 1 is 0.805 bits per heavy atom. The van der Waals surface area contributed by atoms with Crippen LogP contribution in [0.3, 0.4) is 0 Å². The van der Waals surface area contributed by atoms with Crippen LogP contribution in [0.4, 0.5) is 0 Å². The van der Waals surface area contributed by atoms with Gasteiger partial charge in [0.1, 0.15) is 53.9 Å². The highest BCUT2D eigenvalue weighted by molar-refractivity contribution is 6.01. The summed E-state index contributed by atoms with van der Waals surface area (Å²) in [5, 5.41) is 91.0. The molecule has 0 amide bonds. The van der Waals surface area contributed by atoms with Crippen LogP contribution >= 0.6 is 0 Å². The standard InChI is InChI=1S/C27H32O14/c28-9-17-19(32)21(34)24(40-26-23(36)20(33)22(35)25(37)41-26)27(39-17)38-14-6-12-5-11(10-1-3-13(29)4-2-10)7-15(30)18(12)16(31)8-14/h1-4,6,8,11,17,19-29,31-37H,5,7,9H2/t11?,17?,19-,20?,21+,22-,23-,24?,25-,26?,27-/m1/s1. The number of hydrogen-bond donors (Lipinski definition) is 9. The first kappa shape index (κ1) is 29.6. The Morgan fingerprint density at radius 2 is 1.51 bits per heavy atom. The van der Waals surface area contributed by atoms with Gasteiger partial charge < -0.3 is 64.9 Å². The zero-order valence-electron chi connectivity index (χ0n) is 21.5. The highest BCUT2D eigenvalue weighted by Gasteiger charge is 2.51. The van der Waals surface area contributed by atoms with Crippen molar-refractivity contribution in [2.45, 2.75) is 80.4 Å². The molecule has 5 unspecified atom stereocenters. The zero-order valence-corrected chi connectivity index (χ0v) is 21.5. The number of rotatable bonds is 6. The maximum absolute atomic E-state index is 12.9. The monoisotopic (exact) mass is 580 g/mol. The quantitative estimate of drug-likeness (QED) is 0.179. The lowest BCUT2D eigenvalue weighted by Gasteiger charge is -2.45. The van der Waals surface area contributed by atoms with Crippen molar-refractivity contribution >= 4 is 5.78 Å². The lowest BCUT2D eigenvalue weighted by atomic mass is 9.79. The van der Waals surface area contributed by atoms with Crippen molar-refractivity contribution in [3.8, 4) is 17.2 Å². The summed E-state index contributed by atoms with van der Waals surface area (Å²) in [6, 6.07) is 9.06. The Balaban J connectivity index is 1.41. The Bertz CT molecular complexity index is 1240. The van der Waals surface area contributed by atoms with Gasteiger partial charge in [0.05, 0.1) is 12.2 Å². The molecule has 2 aromatic rings. The van der Waals surface area contributed by atoms with E-state index in [4.69, 9.17) is 18.9 Å². The van der Waals surface area contributed by atoms with Crippen LogP contribution in [0.25, 0.3) is 0 Å². The third-order valence-corrected chi connectivity index (χ3v) is 7.63. The van der Waals surface area contributed by atoms with Gasteiger partial charge in [0.15, 0.2) is 24.5 Å². The highest BCUT2D eigenvalue weighted by Crippen LogP contribution is 2.40. The first-order valence-corrected chi connectivity index (χ1v) is 13.0. The first-order valence-electron chi connectivity index (χ1n) is 13.0. The summed E-state index contributed by atoms with van der Waals surface area (Å²) in [6.07, 6.45) is -17.0. The van der Waals surface area contributed by atoms with E-state index in [1.165, 1.54) is 18.2 Å². The molecular weight excluding hydrogens is 548 g/mol. The van der Waals surface area contributed by atoms with Gasteiger partial charge in [0.25, 0.3) is 0 Å². The van der Waals surface area contributed by atoms with Gasteiger partial charge in [-0.1, -0.05) is 12.1 Å². The van der Waals surface area contributed by atoms with Crippen LogP contribution in [0.15, 0.2) is 36.4 Å². The molecule has 0 aromatic heterocycles. The van der Waals surface area contributed by atoms with Gasteiger partial charge in [-0.2, -0.15) is 0 Å². The van der Waals surface area contributed by atoms with Crippen LogP contribution in [-0.4, -0.2) is 120 Å². The van der Waals surface area contributed by atoms with E-state index in [-0.39, 0.29) is 40.9 Å². The van der Waals surface area contributed by atoms with Crippen molar-refractivity contribution in [1.82, 2.24) is 0 Å². The molecule has 0 radical (unpaired) electrons. The fourth-order valence-corrected chi connectivity index (χ4v) is 5.38. The molecule has 11 atom stereocenters. The summed E-state index contributed by atoms with van der Waals surface area (Å²) >= 11 is 0. The number of phenols is 2. The number of fused-ring (bicyclic) bond motifs is 1. The number of hydrogen-bond acceptors (Lipinski definition) is 14. The second kappa shape index (κ2) is 11.8. The van der Waals surface area contributed by atoms with E-state index in [0.29, 0.717) is 12.0 Å². The number of ether oxygens (including phenoxy) is 4. The molecule has 41 heavy (non-hydrogen) atoms. The second-order valence-corrected chi connectivity index (χ2v) is 10.4. The fraction of sp³-hybridized carbons (Fsp3) is 0.519. The largest absolute Gasteiger partial charge is 0.508 e. The summed E-state index contributed by atoms with van der Waals surface area (Å²) in [6.45, 7) is -0.727. The highest BCUT2D eigenvalue weighted by atomic mass is 16.8. The van der Waals surface area contributed by atoms with Gasteiger partial charge in [-0.3, -0.25) is 4.79 Å². The molecule has 2 aliphatic heterocycles. The third-order valence-electron chi connectivity index (χ3n) is 7.63.